The summed E-state index contributed by atoms with van der Waals surface area (Å²) in [5.41, 5.74) is 0.839. The van der Waals surface area contributed by atoms with Crippen LogP contribution in [0, 0.1) is 22.7 Å². The first-order chi connectivity index (χ1) is 9.24. The molecule has 20 heavy (non-hydrogen) atoms. The Kier molecular flexibility index (Phi) is 5.41. The van der Waals surface area contributed by atoms with E-state index in [4.69, 9.17) is 16.9 Å². The third-order valence-electron chi connectivity index (χ3n) is 2.87. The number of aliphatic carboxylic acids is 1. The minimum atomic E-state index is -0.840. The van der Waals surface area contributed by atoms with Crippen LogP contribution >= 0.6 is 11.6 Å². The number of rotatable bonds is 5. The van der Waals surface area contributed by atoms with Crippen LogP contribution in [-0.2, 0) is 4.79 Å². The van der Waals surface area contributed by atoms with Gasteiger partial charge in [-0.05, 0) is 24.0 Å². The Morgan fingerprint density at radius 3 is 2.65 bits per heavy atom. The SMILES string of the molecule is CC(C)(C)CC(CNc1cccc(Cl)c1C#N)C(=O)O. The van der Waals surface area contributed by atoms with Crippen molar-refractivity contribution in [2.24, 2.45) is 11.3 Å². The standard InChI is InChI=1S/C15H19ClN2O2/c1-15(2,3)7-10(14(19)20)9-18-13-6-4-5-12(16)11(13)8-17/h4-6,10,18H,7,9H2,1-3H3,(H,19,20). The molecule has 0 aromatic heterocycles. The van der Waals surface area contributed by atoms with Gasteiger partial charge in [-0.15, -0.1) is 0 Å². The lowest BCUT2D eigenvalue weighted by atomic mass is 9.84. The predicted octanol–water partition coefficient (Wildman–Crippen LogP) is 3.76. The third-order valence-corrected chi connectivity index (χ3v) is 3.19. The molecule has 0 amide bonds. The van der Waals surface area contributed by atoms with Gasteiger partial charge >= 0.3 is 5.97 Å². The zero-order valence-electron chi connectivity index (χ0n) is 11.9. The number of nitrogens with one attached hydrogen (secondary N) is 1. The van der Waals surface area contributed by atoms with E-state index in [1.54, 1.807) is 18.2 Å². The molecule has 5 heteroatoms. The molecular weight excluding hydrogens is 276 g/mol. The van der Waals surface area contributed by atoms with Crippen LogP contribution in [0.3, 0.4) is 0 Å². The molecule has 1 atom stereocenters. The molecule has 0 radical (unpaired) electrons. The molecule has 2 N–H and O–H groups in total. The first-order valence-electron chi connectivity index (χ1n) is 6.40. The van der Waals surface area contributed by atoms with Gasteiger partial charge in [0, 0.05) is 6.54 Å². The predicted molar refractivity (Wildman–Crippen MR) is 79.9 cm³/mol. The Morgan fingerprint density at radius 1 is 1.50 bits per heavy atom. The van der Waals surface area contributed by atoms with Gasteiger partial charge in [0.05, 0.1) is 22.2 Å². The second-order valence-electron chi connectivity index (χ2n) is 5.96. The molecule has 0 aliphatic heterocycles. The lowest BCUT2D eigenvalue weighted by Gasteiger charge is -2.24. The average Bonchev–Trinajstić information content (AvgIpc) is 2.32. The number of halogens is 1. The van der Waals surface area contributed by atoms with Crippen LogP contribution < -0.4 is 5.32 Å². The van der Waals surface area contributed by atoms with Crippen molar-refractivity contribution in [1.29, 1.82) is 5.26 Å². The molecule has 1 unspecified atom stereocenters. The Hall–Kier alpha value is -1.73. The number of nitriles is 1. The van der Waals surface area contributed by atoms with Crippen LogP contribution in [0.15, 0.2) is 18.2 Å². The van der Waals surface area contributed by atoms with Crippen molar-refractivity contribution in [3.63, 3.8) is 0 Å². The fourth-order valence-corrected chi connectivity index (χ4v) is 2.22. The van der Waals surface area contributed by atoms with Gasteiger partial charge in [-0.1, -0.05) is 38.4 Å². The van der Waals surface area contributed by atoms with Crippen LogP contribution in [0.2, 0.25) is 5.02 Å². The molecule has 0 aliphatic rings. The molecule has 0 aliphatic carbocycles. The molecule has 1 aromatic carbocycles. The van der Waals surface area contributed by atoms with Crippen LogP contribution in [-0.4, -0.2) is 17.6 Å². The highest BCUT2D eigenvalue weighted by Crippen LogP contribution is 2.27. The van der Waals surface area contributed by atoms with Crippen LogP contribution in [0.4, 0.5) is 5.69 Å². The summed E-state index contributed by atoms with van der Waals surface area (Å²) in [7, 11) is 0. The topological polar surface area (TPSA) is 73.1 Å². The maximum Gasteiger partial charge on any atom is 0.308 e. The Balaban J connectivity index is 2.81. The molecule has 0 fully saturated rings. The second-order valence-corrected chi connectivity index (χ2v) is 6.36. The lowest BCUT2D eigenvalue weighted by Crippen LogP contribution is -2.27. The first-order valence-corrected chi connectivity index (χ1v) is 6.77. The number of anilines is 1. The quantitative estimate of drug-likeness (QED) is 0.867. The van der Waals surface area contributed by atoms with Crippen molar-refractivity contribution in [1.82, 2.24) is 0 Å². The van der Waals surface area contributed by atoms with E-state index >= 15 is 0 Å². The molecule has 1 aromatic rings. The van der Waals surface area contributed by atoms with Gasteiger partial charge in [-0.2, -0.15) is 5.26 Å². The van der Waals surface area contributed by atoms with Crippen molar-refractivity contribution in [3.05, 3.63) is 28.8 Å². The summed E-state index contributed by atoms with van der Waals surface area (Å²) in [6, 6.07) is 7.11. The monoisotopic (exact) mass is 294 g/mol. The normalized spacial score (nSPS) is 12.6. The summed E-state index contributed by atoms with van der Waals surface area (Å²) in [5, 5.41) is 21.7. The van der Waals surface area contributed by atoms with Crippen LogP contribution in [0.1, 0.15) is 32.8 Å². The number of carboxylic acid groups (broad SMARTS) is 1. The first kappa shape index (κ1) is 16.3. The fraction of sp³-hybridized carbons (Fsp3) is 0.467. The van der Waals surface area contributed by atoms with E-state index in [1.165, 1.54) is 0 Å². The molecule has 0 saturated heterocycles. The van der Waals surface area contributed by atoms with Gasteiger partial charge in [0.2, 0.25) is 0 Å². The van der Waals surface area contributed by atoms with E-state index in [1.807, 2.05) is 26.8 Å². The summed E-state index contributed by atoms with van der Waals surface area (Å²) in [5.74, 6) is -1.35. The number of carbonyl (C=O) groups is 1. The lowest BCUT2D eigenvalue weighted by molar-refractivity contribution is -0.142. The highest BCUT2D eigenvalue weighted by molar-refractivity contribution is 6.32. The molecule has 1 rings (SSSR count). The second kappa shape index (κ2) is 6.62. The van der Waals surface area contributed by atoms with Gasteiger partial charge in [-0.3, -0.25) is 4.79 Å². The number of nitrogens with zero attached hydrogens (tertiary/aromatic N) is 1. The zero-order chi connectivity index (χ0) is 15.3. The van der Waals surface area contributed by atoms with Crippen molar-refractivity contribution >= 4 is 23.3 Å². The minimum absolute atomic E-state index is 0.0723. The maximum absolute atomic E-state index is 11.3. The van der Waals surface area contributed by atoms with Gasteiger partial charge in [0.15, 0.2) is 0 Å². The Morgan fingerprint density at radius 2 is 2.15 bits per heavy atom. The largest absolute Gasteiger partial charge is 0.481 e. The van der Waals surface area contributed by atoms with E-state index in [-0.39, 0.29) is 12.0 Å². The molecule has 0 heterocycles. The van der Waals surface area contributed by atoms with Gasteiger partial charge < -0.3 is 10.4 Å². The molecule has 4 nitrogen and oxygen atoms in total. The minimum Gasteiger partial charge on any atom is -0.481 e. The molecule has 108 valence electrons. The number of hydrogen-bond donors (Lipinski definition) is 2. The summed E-state index contributed by atoms with van der Waals surface area (Å²) >= 11 is 5.94. The molecule has 0 bridgehead atoms. The van der Waals surface area contributed by atoms with E-state index in [9.17, 15) is 9.90 Å². The third kappa shape index (κ3) is 4.75. The Bertz CT molecular complexity index is 530. The summed E-state index contributed by atoms with van der Waals surface area (Å²) in [4.78, 5) is 11.3. The van der Waals surface area contributed by atoms with Crippen molar-refractivity contribution < 1.29 is 9.90 Å². The van der Waals surface area contributed by atoms with E-state index in [0.717, 1.165) is 0 Å². The highest BCUT2D eigenvalue weighted by Gasteiger charge is 2.24. The number of carboxylic acids is 1. The van der Waals surface area contributed by atoms with Gasteiger partial charge in [0.25, 0.3) is 0 Å². The maximum atomic E-state index is 11.3. The van der Waals surface area contributed by atoms with Crippen molar-refractivity contribution in [2.45, 2.75) is 27.2 Å². The smallest absolute Gasteiger partial charge is 0.308 e. The van der Waals surface area contributed by atoms with E-state index < -0.39 is 11.9 Å². The van der Waals surface area contributed by atoms with Gasteiger partial charge in [0.1, 0.15) is 6.07 Å². The highest BCUT2D eigenvalue weighted by atomic mass is 35.5. The van der Waals surface area contributed by atoms with E-state index in [0.29, 0.717) is 22.7 Å². The number of benzene rings is 1. The number of hydrogen-bond acceptors (Lipinski definition) is 3. The van der Waals surface area contributed by atoms with Gasteiger partial charge in [-0.25, -0.2) is 0 Å². The average molecular weight is 295 g/mol. The zero-order valence-corrected chi connectivity index (χ0v) is 12.7. The van der Waals surface area contributed by atoms with Crippen molar-refractivity contribution in [2.75, 3.05) is 11.9 Å². The Labute approximate surface area is 124 Å². The summed E-state index contributed by atoms with van der Waals surface area (Å²) < 4.78 is 0. The van der Waals surface area contributed by atoms with Crippen LogP contribution in [0.25, 0.3) is 0 Å². The molecule has 0 saturated carbocycles. The summed E-state index contributed by atoms with van der Waals surface area (Å²) in [6.45, 7) is 6.27. The van der Waals surface area contributed by atoms with Crippen molar-refractivity contribution in [3.8, 4) is 6.07 Å². The fourth-order valence-electron chi connectivity index (χ4n) is 2.00. The summed E-state index contributed by atoms with van der Waals surface area (Å²) in [6.07, 6.45) is 0.553. The van der Waals surface area contributed by atoms with Crippen LogP contribution in [0.5, 0.6) is 0 Å². The molecule has 0 spiro atoms. The molecular formula is C15H19ClN2O2. The van der Waals surface area contributed by atoms with E-state index in [2.05, 4.69) is 5.32 Å².